The van der Waals surface area contributed by atoms with E-state index in [1.807, 2.05) is 0 Å². The number of fused-ring (bicyclic) bond motifs is 12. The maximum absolute atomic E-state index is 2.48. The van der Waals surface area contributed by atoms with Crippen LogP contribution in [0.1, 0.15) is 11.1 Å². The molecule has 0 spiro atoms. The lowest BCUT2D eigenvalue weighted by atomic mass is 9.92. The number of aromatic nitrogens is 1. The third-order valence-corrected chi connectivity index (χ3v) is 18.0. The predicted octanol–water partition coefficient (Wildman–Crippen LogP) is 22.6. The minimum atomic E-state index is 0.911. The third kappa shape index (κ3) is 8.00. The van der Waals surface area contributed by atoms with Crippen molar-refractivity contribution in [3.05, 3.63) is 321 Å². The Kier molecular flexibility index (Phi) is 11.1. The van der Waals surface area contributed by atoms with E-state index in [0.717, 1.165) is 6.42 Å². The minimum absolute atomic E-state index is 0.911. The normalized spacial score (nSPS) is 12.0. The summed E-state index contributed by atoms with van der Waals surface area (Å²) in [4.78, 5) is 0. The van der Waals surface area contributed by atoms with Gasteiger partial charge in [-0.3, -0.25) is 0 Å². The molecular formula is C83H53N. The Morgan fingerprint density at radius 1 is 0.190 bits per heavy atom. The van der Waals surface area contributed by atoms with Crippen LogP contribution in [0.5, 0.6) is 0 Å². The average molecular weight is 1060 g/mol. The Morgan fingerprint density at radius 3 is 1.00 bits per heavy atom. The second-order valence-corrected chi connectivity index (χ2v) is 22.7. The molecule has 1 heteroatoms. The zero-order chi connectivity index (χ0) is 55.2. The van der Waals surface area contributed by atoms with Crippen LogP contribution in [-0.4, -0.2) is 4.57 Å². The highest BCUT2D eigenvalue weighted by atomic mass is 15.0. The van der Waals surface area contributed by atoms with Crippen LogP contribution in [-0.2, 0) is 6.42 Å². The molecule has 1 aliphatic rings. The largest absolute Gasteiger partial charge is 0.309 e. The van der Waals surface area contributed by atoms with Crippen molar-refractivity contribution in [2.45, 2.75) is 6.42 Å². The lowest BCUT2D eigenvalue weighted by Crippen LogP contribution is -1.95. The number of benzene rings is 15. The van der Waals surface area contributed by atoms with Gasteiger partial charge in [-0.05, 0) is 198 Å². The van der Waals surface area contributed by atoms with Crippen LogP contribution < -0.4 is 0 Å². The maximum atomic E-state index is 2.48. The van der Waals surface area contributed by atoms with Gasteiger partial charge in [0.25, 0.3) is 0 Å². The van der Waals surface area contributed by atoms with Crippen molar-refractivity contribution in [3.63, 3.8) is 0 Å². The quantitative estimate of drug-likeness (QED) is 0.134. The molecular weight excluding hydrogens is 1010 g/mol. The molecule has 0 saturated heterocycles. The Balaban J connectivity index is 0.713. The van der Waals surface area contributed by atoms with E-state index in [9.17, 15) is 0 Å². The van der Waals surface area contributed by atoms with Crippen molar-refractivity contribution in [3.8, 4) is 94.7 Å². The summed E-state index contributed by atoms with van der Waals surface area (Å²) in [7, 11) is 0. The Hall–Kier alpha value is -10.9. The standard InChI is InChI=1S/C83H53N/c1-2-12-53(13-3-1)62-38-42-72-67(46-62)47-68-48-69(41-43-73(68)72)84-82-44-39-63(58-26-22-54(23-27-58)56-30-34-60(35-31-56)78-51-65-14-4-6-16-70(65)74-18-8-10-20-76(74)78)49-80(82)81-50-64(40-45-83(81)84)59-28-24-55(25-29-59)57-32-36-61(37-33-57)79-52-66-15-5-7-17-71(66)75-19-9-11-21-77(75)79/h1-46,48-52H,47H2. The molecule has 0 fully saturated rings. The van der Waals surface area contributed by atoms with Gasteiger partial charge in [0.1, 0.15) is 0 Å². The van der Waals surface area contributed by atoms with Gasteiger partial charge in [0.05, 0.1) is 11.0 Å². The third-order valence-electron chi connectivity index (χ3n) is 18.0. The first-order chi connectivity index (χ1) is 41.6. The molecule has 0 atom stereocenters. The molecule has 0 N–H and O–H groups in total. The van der Waals surface area contributed by atoms with Crippen molar-refractivity contribution in [2.75, 3.05) is 0 Å². The lowest BCUT2D eigenvalue weighted by molar-refractivity contribution is 1.16. The molecule has 0 unspecified atom stereocenters. The van der Waals surface area contributed by atoms with Gasteiger partial charge < -0.3 is 4.57 Å². The van der Waals surface area contributed by atoms with Crippen LogP contribution in [0.4, 0.5) is 0 Å². The molecule has 16 aromatic rings. The maximum Gasteiger partial charge on any atom is 0.0541 e. The van der Waals surface area contributed by atoms with Gasteiger partial charge in [-0.25, -0.2) is 0 Å². The Morgan fingerprint density at radius 2 is 0.524 bits per heavy atom. The van der Waals surface area contributed by atoms with Crippen molar-refractivity contribution in [1.82, 2.24) is 4.57 Å². The van der Waals surface area contributed by atoms with Crippen LogP contribution in [0.2, 0.25) is 0 Å². The number of hydrogen-bond donors (Lipinski definition) is 0. The van der Waals surface area contributed by atoms with Crippen molar-refractivity contribution in [2.24, 2.45) is 0 Å². The van der Waals surface area contributed by atoms with Gasteiger partial charge in [-0.1, -0.05) is 261 Å². The summed E-state index contributed by atoms with van der Waals surface area (Å²) in [5.74, 6) is 0. The van der Waals surface area contributed by atoms with Crippen molar-refractivity contribution >= 4 is 64.9 Å². The summed E-state index contributed by atoms with van der Waals surface area (Å²) in [5.41, 5.74) is 26.0. The van der Waals surface area contributed by atoms with Crippen molar-refractivity contribution < 1.29 is 0 Å². The Labute approximate surface area is 488 Å². The van der Waals surface area contributed by atoms with Gasteiger partial charge in [-0.2, -0.15) is 0 Å². The Bertz CT molecular complexity index is 5010. The SMILES string of the molecule is c1ccc(-c2ccc3c(c2)Cc2cc(-n4c5ccc(-c6ccc(-c7ccc(-c8cc9ccccc9c9ccccc89)cc7)cc6)cc5c5cc(-c6ccc(-c7ccc(-c8cc9ccccc9c9ccccc89)cc7)cc6)ccc54)ccc2-3)cc1. The lowest BCUT2D eigenvalue weighted by Gasteiger charge is -2.12. The van der Waals surface area contributed by atoms with Crippen LogP contribution in [0, 0.1) is 0 Å². The van der Waals surface area contributed by atoms with Crippen molar-refractivity contribution in [1.29, 1.82) is 0 Å². The van der Waals surface area contributed by atoms with Gasteiger partial charge in [0.15, 0.2) is 0 Å². The summed E-state index contributed by atoms with van der Waals surface area (Å²) >= 11 is 0. The fourth-order valence-electron chi connectivity index (χ4n) is 13.8. The van der Waals surface area contributed by atoms with Crippen LogP contribution in [0.3, 0.4) is 0 Å². The van der Waals surface area contributed by atoms with E-state index in [4.69, 9.17) is 0 Å². The van der Waals surface area contributed by atoms with Gasteiger partial charge in [-0.15, -0.1) is 0 Å². The minimum Gasteiger partial charge on any atom is -0.309 e. The van der Waals surface area contributed by atoms with E-state index < -0.39 is 0 Å². The molecule has 1 aromatic heterocycles. The monoisotopic (exact) mass is 1060 g/mol. The molecule has 0 aliphatic heterocycles. The first-order valence-corrected chi connectivity index (χ1v) is 29.2. The second kappa shape index (κ2) is 19.4. The van der Waals surface area contributed by atoms with Crippen LogP contribution in [0.15, 0.2) is 309 Å². The molecule has 84 heavy (non-hydrogen) atoms. The zero-order valence-corrected chi connectivity index (χ0v) is 46.1. The molecule has 390 valence electrons. The smallest absolute Gasteiger partial charge is 0.0541 e. The summed E-state index contributed by atoms with van der Waals surface area (Å²) < 4.78 is 2.48. The summed E-state index contributed by atoms with van der Waals surface area (Å²) in [5, 5.41) is 12.7. The van der Waals surface area contributed by atoms with Gasteiger partial charge >= 0.3 is 0 Å². The predicted molar refractivity (Wildman–Crippen MR) is 357 cm³/mol. The fourth-order valence-corrected chi connectivity index (χ4v) is 13.8. The van der Waals surface area contributed by atoms with E-state index in [2.05, 4.69) is 314 Å². The molecule has 1 heterocycles. The average Bonchev–Trinajstić information content (AvgIpc) is 2.51. The molecule has 15 aromatic carbocycles. The number of hydrogen-bond acceptors (Lipinski definition) is 0. The van der Waals surface area contributed by atoms with Crippen LogP contribution in [0.25, 0.3) is 160 Å². The second-order valence-electron chi connectivity index (χ2n) is 22.7. The van der Waals surface area contributed by atoms with E-state index in [-0.39, 0.29) is 0 Å². The highest BCUT2D eigenvalue weighted by Gasteiger charge is 2.22. The first kappa shape index (κ1) is 47.9. The highest BCUT2D eigenvalue weighted by Crippen LogP contribution is 2.44. The molecule has 0 saturated carbocycles. The summed E-state index contributed by atoms with van der Waals surface area (Å²) in [6.45, 7) is 0. The highest BCUT2D eigenvalue weighted by molar-refractivity contribution is 6.16. The first-order valence-electron chi connectivity index (χ1n) is 29.2. The molecule has 1 aliphatic carbocycles. The van der Waals surface area contributed by atoms with E-state index >= 15 is 0 Å². The van der Waals surface area contributed by atoms with E-state index in [1.165, 1.54) is 171 Å². The molecule has 0 radical (unpaired) electrons. The van der Waals surface area contributed by atoms with E-state index in [1.54, 1.807) is 0 Å². The molecule has 1 nitrogen and oxygen atoms in total. The molecule has 17 rings (SSSR count). The fraction of sp³-hybridized carbons (Fsp3) is 0.0120. The van der Waals surface area contributed by atoms with Crippen LogP contribution >= 0.6 is 0 Å². The zero-order valence-electron chi connectivity index (χ0n) is 46.1. The molecule has 0 amide bonds. The summed E-state index contributed by atoms with van der Waals surface area (Å²) in [6, 6.07) is 115. The number of nitrogens with zero attached hydrogens (tertiary/aromatic N) is 1. The van der Waals surface area contributed by atoms with E-state index in [0.29, 0.717) is 0 Å². The number of rotatable bonds is 8. The van der Waals surface area contributed by atoms with Gasteiger partial charge in [0, 0.05) is 16.5 Å². The summed E-state index contributed by atoms with van der Waals surface area (Å²) in [6.07, 6.45) is 0.911. The molecule has 0 bridgehead atoms. The van der Waals surface area contributed by atoms with Gasteiger partial charge in [0.2, 0.25) is 0 Å². The topological polar surface area (TPSA) is 4.93 Å².